The van der Waals surface area contributed by atoms with Gasteiger partial charge in [-0.05, 0) is 6.92 Å². The third kappa shape index (κ3) is 1.03. The number of ketones is 1. The van der Waals surface area contributed by atoms with E-state index in [2.05, 4.69) is 4.98 Å². The van der Waals surface area contributed by atoms with Crippen LogP contribution >= 0.6 is 0 Å². The van der Waals surface area contributed by atoms with Gasteiger partial charge in [-0.3, -0.25) is 4.79 Å². The van der Waals surface area contributed by atoms with Gasteiger partial charge in [0, 0.05) is 18.7 Å². The fourth-order valence-corrected chi connectivity index (χ4v) is 0.843. The number of aromatic nitrogens is 1. The molecule has 0 amide bonds. The first-order valence-corrected chi connectivity index (χ1v) is 3.01. The van der Waals surface area contributed by atoms with Crippen LogP contribution in [0.25, 0.3) is 0 Å². The monoisotopic (exact) mass is 139 g/mol. The van der Waals surface area contributed by atoms with Crippen molar-refractivity contribution in [2.45, 2.75) is 13.8 Å². The molecule has 1 aromatic rings. The molecule has 10 heavy (non-hydrogen) atoms. The summed E-state index contributed by atoms with van der Waals surface area (Å²) < 4.78 is 0. The summed E-state index contributed by atoms with van der Waals surface area (Å²) in [5.74, 6) is -0.115. The lowest BCUT2D eigenvalue weighted by atomic mass is 10.3. The van der Waals surface area contributed by atoms with Gasteiger partial charge < -0.3 is 10.1 Å². The van der Waals surface area contributed by atoms with Gasteiger partial charge >= 0.3 is 0 Å². The largest absolute Gasteiger partial charge is 0.506 e. The number of aryl methyl sites for hydroxylation is 1. The summed E-state index contributed by atoms with van der Waals surface area (Å²) in [5, 5.41) is 9.05. The number of H-pyrrole nitrogens is 1. The van der Waals surface area contributed by atoms with E-state index in [1.54, 1.807) is 6.92 Å². The Hall–Kier alpha value is -1.25. The van der Waals surface area contributed by atoms with Crippen LogP contribution in [0.1, 0.15) is 23.1 Å². The van der Waals surface area contributed by atoms with Gasteiger partial charge in [-0.2, -0.15) is 0 Å². The van der Waals surface area contributed by atoms with Crippen LogP contribution in [0.3, 0.4) is 0 Å². The van der Waals surface area contributed by atoms with Crippen LogP contribution in [0.5, 0.6) is 5.75 Å². The van der Waals surface area contributed by atoms with Crippen molar-refractivity contribution >= 4 is 5.78 Å². The van der Waals surface area contributed by atoms with Crippen LogP contribution in [0.15, 0.2) is 6.07 Å². The highest BCUT2D eigenvalue weighted by molar-refractivity contribution is 5.95. The molecule has 1 rings (SSSR count). The van der Waals surface area contributed by atoms with E-state index in [1.165, 1.54) is 13.0 Å². The number of aromatic hydroxyl groups is 1. The number of hydrogen-bond donors (Lipinski definition) is 2. The molecule has 1 aromatic heterocycles. The van der Waals surface area contributed by atoms with Crippen molar-refractivity contribution in [3.63, 3.8) is 0 Å². The Balaban J connectivity index is 3.15. The molecular weight excluding hydrogens is 130 g/mol. The second-order valence-corrected chi connectivity index (χ2v) is 2.27. The lowest BCUT2D eigenvalue weighted by molar-refractivity contribution is 0.101. The molecule has 0 atom stereocenters. The van der Waals surface area contributed by atoms with Crippen molar-refractivity contribution < 1.29 is 9.90 Å². The fourth-order valence-electron chi connectivity index (χ4n) is 0.843. The zero-order valence-corrected chi connectivity index (χ0v) is 5.93. The predicted octanol–water partition coefficient (Wildman–Crippen LogP) is 1.23. The second kappa shape index (κ2) is 2.17. The number of nitrogens with one attached hydrogen (secondary N) is 1. The molecule has 0 spiro atoms. The number of aromatic amines is 1. The van der Waals surface area contributed by atoms with E-state index in [9.17, 15) is 4.79 Å². The predicted molar refractivity (Wildman–Crippen MR) is 37.2 cm³/mol. The summed E-state index contributed by atoms with van der Waals surface area (Å²) in [6.45, 7) is 3.19. The summed E-state index contributed by atoms with van der Waals surface area (Å²) >= 11 is 0. The van der Waals surface area contributed by atoms with Crippen LogP contribution in [0.4, 0.5) is 0 Å². The van der Waals surface area contributed by atoms with Gasteiger partial charge in [0.05, 0.1) is 0 Å². The van der Waals surface area contributed by atoms with Crippen molar-refractivity contribution in [2.24, 2.45) is 0 Å². The Labute approximate surface area is 58.7 Å². The minimum Gasteiger partial charge on any atom is -0.506 e. The highest BCUT2D eigenvalue weighted by Crippen LogP contribution is 2.17. The van der Waals surface area contributed by atoms with Gasteiger partial charge in [-0.15, -0.1) is 0 Å². The molecule has 1 heterocycles. The Morgan fingerprint density at radius 3 is 2.50 bits per heavy atom. The molecular formula is C7H9NO2. The molecule has 0 aliphatic heterocycles. The molecule has 54 valence electrons. The molecule has 2 N–H and O–H groups in total. The SMILES string of the molecule is CC(=O)c1[nH]c(C)cc1O. The van der Waals surface area contributed by atoms with E-state index < -0.39 is 0 Å². The van der Waals surface area contributed by atoms with Gasteiger partial charge in [0.15, 0.2) is 5.78 Å². The smallest absolute Gasteiger partial charge is 0.179 e. The third-order valence-corrected chi connectivity index (χ3v) is 1.28. The molecule has 0 bridgehead atoms. The molecule has 0 aliphatic rings. The molecule has 0 saturated heterocycles. The van der Waals surface area contributed by atoms with Crippen molar-refractivity contribution in [2.75, 3.05) is 0 Å². The Kier molecular flexibility index (Phi) is 1.49. The zero-order chi connectivity index (χ0) is 7.72. The van der Waals surface area contributed by atoms with Crippen LogP contribution < -0.4 is 0 Å². The van der Waals surface area contributed by atoms with Crippen molar-refractivity contribution in [1.29, 1.82) is 0 Å². The number of Topliss-reactive ketones (excluding diaryl/α,β-unsaturated/α-hetero) is 1. The van der Waals surface area contributed by atoms with E-state index in [0.717, 1.165) is 5.69 Å². The fraction of sp³-hybridized carbons (Fsp3) is 0.286. The summed E-state index contributed by atoms with van der Waals surface area (Å²) in [4.78, 5) is 13.4. The van der Waals surface area contributed by atoms with E-state index in [4.69, 9.17) is 5.11 Å². The molecule has 0 unspecified atom stereocenters. The third-order valence-electron chi connectivity index (χ3n) is 1.28. The van der Waals surface area contributed by atoms with Gasteiger partial charge in [0.2, 0.25) is 0 Å². The lowest BCUT2D eigenvalue weighted by Crippen LogP contribution is -1.91. The van der Waals surface area contributed by atoms with Gasteiger partial charge in [-0.25, -0.2) is 0 Å². The molecule has 0 aliphatic carbocycles. The minimum absolute atomic E-state index is 0.0324. The summed E-state index contributed by atoms with van der Waals surface area (Å²) in [6, 6.07) is 1.52. The Bertz CT molecular complexity index is 263. The minimum atomic E-state index is -0.148. The van der Waals surface area contributed by atoms with Gasteiger partial charge in [0.25, 0.3) is 0 Å². The molecule has 0 radical (unpaired) electrons. The van der Waals surface area contributed by atoms with Gasteiger partial charge in [0.1, 0.15) is 11.4 Å². The van der Waals surface area contributed by atoms with Crippen LogP contribution in [0, 0.1) is 6.92 Å². The van der Waals surface area contributed by atoms with E-state index in [1.807, 2.05) is 0 Å². The molecule has 0 saturated carbocycles. The number of hydrogen-bond acceptors (Lipinski definition) is 2. The Morgan fingerprint density at radius 2 is 2.30 bits per heavy atom. The molecule has 0 fully saturated rings. The standard InChI is InChI=1S/C7H9NO2/c1-4-3-6(10)7(8-4)5(2)9/h3,8,10H,1-2H3. The second-order valence-electron chi connectivity index (χ2n) is 2.27. The van der Waals surface area contributed by atoms with E-state index >= 15 is 0 Å². The normalized spacial score (nSPS) is 9.80. The summed E-state index contributed by atoms with van der Waals surface area (Å²) in [5.41, 5.74) is 1.08. The maximum atomic E-state index is 10.7. The topological polar surface area (TPSA) is 53.1 Å². The maximum Gasteiger partial charge on any atom is 0.179 e. The first-order valence-electron chi connectivity index (χ1n) is 3.01. The van der Waals surface area contributed by atoms with Crippen LogP contribution in [-0.4, -0.2) is 15.9 Å². The lowest BCUT2D eigenvalue weighted by Gasteiger charge is -1.88. The summed E-state index contributed by atoms with van der Waals surface area (Å²) in [6.07, 6.45) is 0. The molecule has 3 nitrogen and oxygen atoms in total. The van der Waals surface area contributed by atoms with Crippen LogP contribution in [0.2, 0.25) is 0 Å². The number of carbonyl (C=O) groups excluding carboxylic acids is 1. The highest BCUT2D eigenvalue weighted by Gasteiger charge is 2.07. The van der Waals surface area contributed by atoms with E-state index in [0.29, 0.717) is 0 Å². The quantitative estimate of drug-likeness (QED) is 0.575. The van der Waals surface area contributed by atoms with Crippen molar-refractivity contribution in [1.82, 2.24) is 4.98 Å². The van der Waals surface area contributed by atoms with Gasteiger partial charge in [-0.1, -0.05) is 0 Å². The van der Waals surface area contributed by atoms with Crippen LogP contribution in [-0.2, 0) is 0 Å². The highest BCUT2D eigenvalue weighted by atomic mass is 16.3. The van der Waals surface area contributed by atoms with E-state index in [-0.39, 0.29) is 17.2 Å². The number of rotatable bonds is 1. The molecule has 3 heteroatoms. The first kappa shape index (κ1) is 6.86. The first-order chi connectivity index (χ1) is 4.61. The number of carbonyl (C=O) groups is 1. The zero-order valence-electron chi connectivity index (χ0n) is 5.93. The average molecular weight is 139 g/mol. The Morgan fingerprint density at radius 1 is 1.70 bits per heavy atom. The maximum absolute atomic E-state index is 10.7. The summed E-state index contributed by atoms with van der Waals surface area (Å²) in [7, 11) is 0. The van der Waals surface area contributed by atoms with Crippen molar-refractivity contribution in [3.05, 3.63) is 17.5 Å². The average Bonchev–Trinajstić information content (AvgIpc) is 2.10. The molecule has 0 aromatic carbocycles. The van der Waals surface area contributed by atoms with Crippen molar-refractivity contribution in [3.8, 4) is 5.75 Å².